The first-order valence-corrected chi connectivity index (χ1v) is 7.62. The van der Waals surface area contributed by atoms with Gasteiger partial charge < -0.3 is 9.47 Å². The number of carbonyl (C=O) groups is 2. The van der Waals surface area contributed by atoms with E-state index in [2.05, 4.69) is 6.92 Å². The maximum absolute atomic E-state index is 11.8. The van der Waals surface area contributed by atoms with Gasteiger partial charge in [-0.1, -0.05) is 25.5 Å². The quantitative estimate of drug-likeness (QED) is 0.443. The van der Waals surface area contributed by atoms with Gasteiger partial charge in [-0.15, -0.1) is 0 Å². The lowest BCUT2D eigenvalue weighted by molar-refractivity contribution is -0.136. The molecule has 23 heavy (non-hydrogen) atoms. The average molecular weight is 312 g/mol. The van der Waals surface area contributed by atoms with Gasteiger partial charge in [0, 0.05) is 5.56 Å². The fourth-order valence-electron chi connectivity index (χ4n) is 2.10. The first-order chi connectivity index (χ1) is 11.1. The van der Waals surface area contributed by atoms with Crippen LogP contribution in [0.25, 0.3) is 0 Å². The predicted molar refractivity (Wildman–Crippen MR) is 88.0 cm³/mol. The smallest absolute Gasteiger partial charge is 0.349 e. The van der Waals surface area contributed by atoms with Crippen LogP contribution < -0.4 is 9.47 Å². The van der Waals surface area contributed by atoms with Crippen LogP contribution in [-0.2, 0) is 11.2 Å². The minimum absolute atomic E-state index is 0.0299. The Labute approximate surface area is 136 Å². The number of aryl methyl sites for hydroxylation is 1. The summed E-state index contributed by atoms with van der Waals surface area (Å²) in [6.45, 7) is 3.45. The van der Waals surface area contributed by atoms with Gasteiger partial charge in [-0.2, -0.15) is 0 Å². The van der Waals surface area contributed by atoms with E-state index in [4.69, 9.17) is 9.47 Å². The van der Waals surface area contributed by atoms with E-state index in [1.165, 1.54) is 12.5 Å². The predicted octanol–water partition coefficient (Wildman–Crippen LogP) is 3.83. The largest absolute Gasteiger partial charge is 0.482 e. The Morgan fingerprint density at radius 1 is 0.913 bits per heavy atom. The van der Waals surface area contributed by atoms with E-state index in [0.29, 0.717) is 17.1 Å². The number of ether oxygens (including phenoxy) is 2. The van der Waals surface area contributed by atoms with E-state index >= 15 is 0 Å². The molecule has 0 heterocycles. The van der Waals surface area contributed by atoms with Crippen molar-refractivity contribution < 1.29 is 19.1 Å². The molecule has 0 saturated carbocycles. The van der Waals surface area contributed by atoms with Crippen molar-refractivity contribution in [2.45, 2.75) is 26.7 Å². The van der Waals surface area contributed by atoms with Crippen LogP contribution in [0, 0.1) is 0 Å². The number of ketones is 1. The zero-order valence-electron chi connectivity index (χ0n) is 13.4. The molecule has 0 radical (unpaired) electrons. The second kappa shape index (κ2) is 8.13. The van der Waals surface area contributed by atoms with Gasteiger partial charge in [0.15, 0.2) is 12.4 Å². The summed E-state index contributed by atoms with van der Waals surface area (Å²) in [6.07, 6.45) is 2.12. The highest BCUT2D eigenvalue weighted by Gasteiger charge is 2.07. The van der Waals surface area contributed by atoms with Crippen LogP contribution in [0.3, 0.4) is 0 Å². The molecule has 0 bridgehead atoms. The third-order valence-electron chi connectivity index (χ3n) is 3.31. The van der Waals surface area contributed by atoms with Gasteiger partial charge in [0.25, 0.3) is 0 Å². The molecule has 0 saturated heterocycles. The van der Waals surface area contributed by atoms with E-state index in [-0.39, 0.29) is 12.4 Å². The third-order valence-corrected chi connectivity index (χ3v) is 3.31. The molecule has 0 aliphatic rings. The number of esters is 1. The van der Waals surface area contributed by atoms with Crippen LogP contribution in [0.5, 0.6) is 11.5 Å². The van der Waals surface area contributed by atoms with Crippen molar-refractivity contribution in [1.29, 1.82) is 0 Å². The van der Waals surface area contributed by atoms with E-state index in [9.17, 15) is 9.59 Å². The number of hydrogen-bond acceptors (Lipinski definition) is 4. The van der Waals surface area contributed by atoms with E-state index in [1.54, 1.807) is 24.3 Å². The molecule has 0 N–H and O–H groups in total. The van der Waals surface area contributed by atoms with Crippen LogP contribution in [0.2, 0.25) is 0 Å². The Hall–Kier alpha value is -2.62. The van der Waals surface area contributed by atoms with E-state index in [1.807, 2.05) is 24.3 Å². The maximum atomic E-state index is 11.8. The van der Waals surface area contributed by atoms with Crippen LogP contribution >= 0.6 is 0 Å². The third kappa shape index (κ3) is 5.25. The second-order valence-electron chi connectivity index (χ2n) is 5.24. The fourth-order valence-corrected chi connectivity index (χ4v) is 2.10. The Morgan fingerprint density at radius 3 is 2.09 bits per heavy atom. The number of rotatable bonds is 7. The van der Waals surface area contributed by atoms with Crippen molar-refractivity contribution in [1.82, 2.24) is 0 Å². The van der Waals surface area contributed by atoms with Gasteiger partial charge in [-0.3, -0.25) is 4.79 Å². The summed E-state index contributed by atoms with van der Waals surface area (Å²) < 4.78 is 10.6. The summed E-state index contributed by atoms with van der Waals surface area (Å²) in [5, 5.41) is 0. The van der Waals surface area contributed by atoms with Crippen molar-refractivity contribution in [3.05, 3.63) is 59.7 Å². The zero-order valence-corrected chi connectivity index (χ0v) is 13.4. The number of carbonyl (C=O) groups excluding carboxylic acids is 2. The highest BCUT2D eigenvalue weighted by atomic mass is 16.6. The van der Waals surface area contributed by atoms with Crippen LogP contribution in [-0.4, -0.2) is 18.4 Å². The average Bonchev–Trinajstić information content (AvgIpc) is 2.55. The molecule has 0 fully saturated rings. The molecule has 2 aromatic rings. The topological polar surface area (TPSA) is 52.6 Å². The van der Waals surface area contributed by atoms with Crippen molar-refractivity contribution >= 4 is 11.8 Å². The van der Waals surface area contributed by atoms with Gasteiger partial charge in [0.1, 0.15) is 11.5 Å². The van der Waals surface area contributed by atoms with Crippen molar-refractivity contribution in [2.24, 2.45) is 0 Å². The summed E-state index contributed by atoms with van der Waals surface area (Å²) >= 11 is 0. The van der Waals surface area contributed by atoms with Crippen LogP contribution in [0.1, 0.15) is 36.2 Å². The van der Waals surface area contributed by atoms with Gasteiger partial charge in [0.2, 0.25) is 0 Å². The molecule has 4 nitrogen and oxygen atoms in total. The minimum Gasteiger partial charge on any atom is -0.482 e. The standard InChI is InChI=1S/C19H20O4/c1-3-4-15-5-9-17(10-6-15)22-13-19(21)23-18-11-7-16(8-12-18)14(2)20/h5-12H,3-4,13H2,1-2H3. The summed E-state index contributed by atoms with van der Waals surface area (Å²) in [4.78, 5) is 22.9. The van der Waals surface area contributed by atoms with Gasteiger partial charge in [-0.25, -0.2) is 4.79 Å². The Kier molecular flexibility index (Phi) is 5.92. The summed E-state index contributed by atoms with van der Waals surface area (Å²) in [6, 6.07) is 14.1. The molecule has 4 heteroatoms. The molecule has 2 rings (SSSR count). The van der Waals surface area contributed by atoms with Crippen LogP contribution in [0.15, 0.2) is 48.5 Å². The van der Waals surface area contributed by atoms with Crippen molar-refractivity contribution in [3.8, 4) is 11.5 Å². The first-order valence-electron chi connectivity index (χ1n) is 7.62. The van der Waals surface area contributed by atoms with Gasteiger partial charge in [0.05, 0.1) is 0 Å². The molecule has 2 aromatic carbocycles. The number of benzene rings is 2. The van der Waals surface area contributed by atoms with Gasteiger partial charge >= 0.3 is 5.97 Å². The number of hydrogen-bond donors (Lipinski definition) is 0. The van der Waals surface area contributed by atoms with Crippen molar-refractivity contribution in [3.63, 3.8) is 0 Å². The molecular formula is C19H20O4. The molecule has 0 aromatic heterocycles. The second-order valence-corrected chi connectivity index (χ2v) is 5.24. The molecule has 0 atom stereocenters. The molecule has 0 spiro atoms. The number of Topliss-reactive ketones (excluding diaryl/α,β-unsaturated/α-hetero) is 1. The maximum Gasteiger partial charge on any atom is 0.349 e. The van der Waals surface area contributed by atoms with Gasteiger partial charge in [-0.05, 0) is 55.3 Å². The molecular weight excluding hydrogens is 292 g/mol. The molecule has 0 amide bonds. The fraction of sp³-hybridized carbons (Fsp3) is 0.263. The lowest BCUT2D eigenvalue weighted by Crippen LogP contribution is -2.17. The summed E-state index contributed by atoms with van der Waals surface area (Å²) in [7, 11) is 0. The van der Waals surface area contributed by atoms with Crippen molar-refractivity contribution in [2.75, 3.05) is 6.61 Å². The molecule has 120 valence electrons. The van der Waals surface area contributed by atoms with Crippen LogP contribution in [0.4, 0.5) is 0 Å². The molecule has 0 unspecified atom stereocenters. The Balaban J connectivity index is 1.83. The lowest BCUT2D eigenvalue weighted by Gasteiger charge is -2.08. The first kappa shape index (κ1) is 16.7. The molecule has 0 aliphatic carbocycles. The van der Waals surface area contributed by atoms with E-state index in [0.717, 1.165) is 12.8 Å². The normalized spacial score (nSPS) is 10.2. The zero-order chi connectivity index (χ0) is 16.7. The SMILES string of the molecule is CCCc1ccc(OCC(=O)Oc2ccc(C(C)=O)cc2)cc1. The Morgan fingerprint density at radius 2 is 1.52 bits per heavy atom. The summed E-state index contributed by atoms with van der Waals surface area (Å²) in [5.41, 5.74) is 1.82. The Bertz CT molecular complexity index is 657. The minimum atomic E-state index is -0.488. The highest BCUT2D eigenvalue weighted by molar-refractivity contribution is 5.94. The van der Waals surface area contributed by atoms with E-state index < -0.39 is 5.97 Å². The monoisotopic (exact) mass is 312 g/mol. The molecule has 0 aliphatic heterocycles. The summed E-state index contributed by atoms with van der Waals surface area (Å²) in [5.74, 6) is 0.506. The lowest BCUT2D eigenvalue weighted by atomic mass is 10.1. The highest BCUT2D eigenvalue weighted by Crippen LogP contribution is 2.15.